The maximum atomic E-state index is 11.9. The van der Waals surface area contributed by atoms with Crippen molar-refractivity contribution in [2.75, 3.05) is 31.1 Å². The molecule has 0 aromatic carbocycles. The molecule has 0 spiro atoms. The lowest BCUT2D eigenvalue weighted by molar-refractivity contribution is 0.0240. The Morgan fingerprint density at radius 1 is 1.25 bits per heavy atom. The van der Waals surface area contributed by atoms with Gasteiger partial charge in [-0.1, -0.05) is 0 Å². The summed E-state index contributed by atoms with van der Waals surface area (Å²) in [7, 11) is 0. The highest BCUT2D eigenvalue weighted by atomic mass is 16.6. The first-order chi connectivity index (χ1) is 9.37. The summed E-state index contributed by atoms with van der Waals surface area (Å²) in [5.74, 6) is 0. The van der Waals surface area contributed by atoms with Gasteiger partial charge in [0, 0.05) is 32.4 Å². The number of carbonyl (C=O) groups excluding carboxylic acids is 1. The molecule has 2 heterocycles. The van der Waals surface area contributed by atoms with Gasteiger partial charge in [-0.3, -0.25) is 4.79 Å². The van der Waals surface area contributed by atoms with Crippen LogP contribution >= 0.6 is 0 Å². The predicted octanol–water partition coefficient (Wildman–Crippen LogP) is 1.43. The number of rotatable bonds is 1. The smallest absolute Gasteiger partial charge is 0.410 e. The Morgan fingerprint density at radius 3 is 2.45 bits per heavy atom. The highest BCUT2D eigenvalue weighted by molar-refractivity contribution is 5.68. The Hall–Kier alpha value is -1.98. The third-order valence-corrected chi connectivity index (χ3v) is 3.07. The topological polar surface area (TPSA) is 65.6 Å². The molecule has 0 saturated carbocycles. The van der Waals surface area contributed by atoms with Gasteiger partial charge in [0.25, 0.3) is 5.56 Å². The van der Waals surface area contributed by atoms with Crippen molar-refractivity contribution in [1.82, 2.24) is 9.88 Å². The minimum atomic E-state index is -0.481. The van der Waals surface area contributed by atoms with Crippen molar-refractivity contribution in [3.63, 3.8) is 0 Å². The minimum absolute atomic E-state index is 0.0989. The van der Waals surface area contributed by atoms with Gasteiger partial charge in [-0.05, 0) is 32.9 Å². The van der Waals surface area contributed by atoms with Gasteiger partial charge < -0.3 is 19.5 Å². The highest BCUT2D eigenvalue weighted by Gasteiger charge is 2.26. The molecule has 0 unspecified atom stereocenters. The molecule has 1 saturated heterocycles. The van der Waals surface area contributed by atoms with Crippen LogP contribution in [0.4, 0.5) is 10.5 Å². The average molecular weight is 279 g/mol. The van der Waals surface area contributed by atoms with Crippen LogP contribution in [-0.4, -0.2) is 47.8 Å². The number of ether oxygens (including phenoxy) is 1. The molecule has 2 rings (SSSR count). The average Bonchev–Trinajstić information content (AvgIpc) is 2.37. The largest absolute Gasteiger partial charge is 0.444 e. The van der Waals surface area contributed by atoms with E-state index in [-0.39, 0.29) is 11.7 Å². The molecule has 0 bridgehead atoms. The van der Waals surface area contributed by atoms with E-state index in [2.05, 4.69) is 4.98 Å². The van der Waals surface area contributed by atoms with Crippen LogP contribution in [-0.2, 0) is 4.74 Å². The number of nitrogens with one attached hydrogen (secondary N) is 1. The van der Waals surface area contributed by atoms with E-state index >= 15 is 0 Å². The Bertz CT molecular complexity index is 525. The van der Waals surface area contributed by atoms with Gasteiger partial charge in [-0.2, -0.15) is 0 Å². The molecule has 110 valence electrons. The van der Waals surface area contributed by atoms with Gasteiger partial charge in [0.15, 0.2) is 0 Å². The van der Waals surface area contributed by atoms with Crippen LogP contribution in [0, 0.1) is 0 Å². The van der Waals surface area contributed by atoms with Gasteiger partial charge in [-0.15, -0.1) is 0 Å². The molecule has 1 aromatic rings. The first kappa shape index (κ1) is 14.4. The lowest BCUT2D eigenvalue weighted by Gasteiger charge is -2.36. The Balaban J connectivity index is 1.95. The van der Waals surface area contributed by atoms with Gasteiger partial charge in [-0.25, -0.2) is 4.79 Å². The molecule has 0 atom stereocenters. The number of nitrogens with zero attached hydrogens (tertiary/aromatic N) is 2. The fourth-order valence-corrected chi connectivity index (χ4v) is 2.12. The molecular formula is C14H21N3O3. The van der Waals surface area contributed by atoms with Crippen molar-refractivity contribution in [3.05, 3.63) is 28.7 Å². The molecule has 1 amide bonds. The molecule has 1 aliphatic heterocycles. The van der Waals surface area contributed by atoms with Gasteiger partial charge in [0.1, 0.15) is 11.3 Å². The van der Waals surface area contributed by atoms with Gasteiger partial charge >= 0.3 is 6.09 Å². The monoisotopic (exact) mass is 279 g/mol. The first-order valence-corrected chi connectivity index (χ1v) is 6.77. The summed E-state index contributed by atoms with van der Waals surface area (Å²) in [4.78, 5) is 30.0. The molecule has 20 heavy (non-hydrogen) atoms. The second-order valence-electron chi connectivity index (χ2n) is 5.84. The van der Waals surface area contributed by atoms with Crippen molar-refractivity contribution in [3.8, 4) is 0 Å². The van der Waals surface area contributed by atoms with Crippen LogP contribution in [0.3, 0.4) is 0 Å². The van der Waals surface area contributed by atoms with E-state index in [9.17, 15) is 9.59 Å². The zero-order valence-corrected chi connectivity index (χ0v) is 12.2. The lowest BCUT2D eigenvalue weighted by Crippen LogP contribution is -2.51. The summed E-state index contributed by atoms with van der Waals surface area (Å²) in [6.07, 6.45) is 1.32. The molecule has 1 N–H and O–H groups in total. The van der Waals surface area contributed by atoms with E-state index < -0.39 is 5.60 Å². The molecule has 1 aliphatic rings. The Labute approximate surface area is 118 Å². The van der Waals surface area contributed by atoms with Crippen molar-refractivity contribution < 1.29 is 9.53 Å². The van der Waals surface area contributed by atoms with Crippen molar-refractivity contribution in [2.45, 2.75) is 26.4 Å². The number of H-pyrrole nitrogens is 1. The predicted molar refractivity (Wildman–Crippen MR) is 77.1 cm³/mol. The maximum absolute atomic E-state index is 11.9. The van der Waals surface area contributed by atoms with Crippen LogP contribution in [0.15, 0.2) is 23.1 Å². The van der Waals surface area contributed by atoms with E-state index in [0.29, 0.717) is 31.9 Å². The number of hydrogen-bond acceptors (Lipinski definition) is 4. The normalized spacial score (nSPS) is 16.1. The molecule has 1 aromatic heterocycles. The van der Waals surface area contributed by atoms with E-state index in [4.69, 9.17) is 4.74 Å². The molecular weight excluding hydrogens is 258 g/mol. The Morgan fingerprint density at radius 2 is 1.90 bits per heavy atom. The summed E-state index contributed by atoms with van der Waals surface area (Å²) >= 11 is 0. The number of anilines is 1. The third-order valence-electron chi connectivity index (χ3n) is 3.07. The molecule has 0 aliphatic carbocycles. The van der Waals surface area contributed by atoms with Crippen molar-refractivity contribution in [1.29, 1.82) is 0 Å². The van der Waals surface area contributed by atoms with Crippen LogP contribution in [0.2, 0.25) is 0 Å². The number of piperazine rings is 1. The number of hydrogen-bond donors (Lipinski definition) is 1. The van der Waals surface area contributed by atoms with Crippen LogP contribution in [0.5, 0.6) is 0 Å². The fraction of sp³-hybridized carbons (Fsp3) is 0.571. The number of pyridine rings is 1. The van der Waals surface area contributed by atoms with Crippen molar-refractivity contribution >= 4 is 11.8 Å². The number of carbonyl (C=O) groups is 1. The first-order valence-electron chi connectivity index (χ1n) is 6.77. The third kappa shape index (κ3) is 3.53. The lowest BCUT2D eigenvalue weighted by atomic mass is 10.2. The number of amides is 1. The van der Waals surface area contributed by atoms with E-state index in [1.165, 1.54) is 0 Å². The minimum Gasteiger partial charge on any atom is -0.444 e. The summed E-state index contributed by atoms with van der Waals surface area (Å²) in [5, 5.41) is 0. The molecule has 1 fully saturated rings. The second kappa shape index (κ2) is 5.56. The quantitative estimate of drug-likeness (QED) is 0.844. The van der Waals surface area contributed by atoms with E-state index in [1.54, 1.807) is 23.2 Å². The summed E-state index contributed by atoms with van der Waals surface area (Å²) in [5.41, 5.74) is 0.0692. The summed E-state index contributed by atoms with van der Waals surface area (Å²) in [6, 6.07) is 3.60. The van der Waals surface area contributed by atoms with E-state index in [1.807, 2.05) is 25.7 Å². The maximum Gasteiger partial charge on any atom is 0.410 e. The summed E-state index contributed by atoms with van der Waals surface area (Å²) in [6.45, 7) is 7.94. The summed E-state index contributed by atoms with van der Waals surface area (Å²) < 4.78 is 5.34. The van der Waals surface area contributed by atoms with Gasteiger partial charge in [0.2, 0.25) is 0 Å². The van der Waals surface area contributed by atoms with Gasteiger partial charge in [0.05, 0.1) is 0 Å². The Kier molecular flexibility index (Phi) is 4.01. The fourth-order valence-electron chi connectivity index (χ4n) is 2.12. The number of aromatic nitrogens is 1. The van der Waals surface area contributed by atoms with Crippen LogP contribution in [0.1, 0.15) is 20.8 Å². The second-order valence-corrected chi connectivity index (χ2v) is 5.84. The van der Waals surface area contributed by atoms with E-state index in [0.717, 1.165) is 0 Å². The van der Waals surface area contributed by atoms with Crippen LogP contribution < -0.4 is 10.5 Å². The zero-order chi connectivity index (χ0) is 14.8. The molecule has 6 heteroatoms. The van der Waals surface area contributed by atoms with Crippen LogP contribution in [0.25, 0.3) is 0 Å². The highest BCUT2D eigenvalue weighted by Crippen LogP contribution is 2.14. The molecule has 6 nitrogen and oxygen atoms in total. The molecule has 0 radical (unpaired) electrons. The SMILES string of the molecule is CC(C)(C)OC(=O)N1CCN(c2ccc[nH]c2=O)CC1. The number of aromatic amines is 1. The van der Waals surface area contributed by atoms with Crippen molar-refractivity contribution in [2.24, 2.45) is 0 Å². The zero-order valence-electron chi connectivity index (χ0n) is 12.2. The standard InChI is InChI=1S/C14H21N3O3/c1-14(2,3)20-13(19)17-9-7-16(8-10-17)11-5-4-6-15-12(11)18/h4-6H,7-10H2,1-3H3,(H,15,18).